The number of hydrogen-bond acceptors (Lipinski definition) is 3. The van der Waals surface area contributed by atoms with Crippen LogP contribution >= 0.6 is 0 Å². The largest absolute Gasteiger partial charge is 0.385 e. The van der Waals surface area contributed by atoms with Gasteiger partial charge in [-0.2, -0.15) is 5.10 Å². The Labute approximate surface area is 103 Å². The predicted molar refractivity (Wildman–Crippen MR) is 67.5 cm³/mol. The molecule has 1 unspecified atom stereocenters. The molecule has 1 rings (SSSR count). The van der Waals surface area contributed by atoms with E-state index in [1.807, 2.05) is 25.5 Å². The zero-order valence-corrected chi connectivity index (χ0v) is 11.4. The summed E-state index contributed by atoms with van der Waals surface area (Å²) in [6.07, 6.45) is 1.43. The summed E-state index contributed by atoms with van der Waals surface area (Å²) in [4.78, 5) is 11.8. The average molecular weight is 238 g/mol. The number of nitrogens with zero attached hydrogens (tertiary/aromatic N) is 2. The summed E-state index contributed by atoms with van der Waals surface area (Å²) < 4.78 is 7.01. The van der Waals surface area contributed by atoms with Crippen molar-refractivity contribution < 1.29 is 9.53 Å². The zero-order chi connectivity index (χ0) is 13.0. The average Bonchev–Trinajstić information content (AvgIpc) is 2.61. The van der Waals surface area contributed by atoms with E-state index in [2.05, 4.69) is 12.0 Å². The van der Waals surface area contributed by atoms with Gasteiger partial charge in [0.05, 0.1) is 17.3 Å². The molecule has 1 aromatic rings. The van der Waals surface area contributed by atoms with Crippen molar-refractivity contribution in [3.05, 3.63) is 17.0 Å². The Morgan fingerprint density at radius 1 is 1.47 bits per heavy atom. The molecule has 0 saturated carbocycles. The molecule has 0 N–H and O–H groups in total. The fraction of sp³-hybridized carbons (Fsp3) is 0.692. The van der Waals surface area contributed by atoms with Gasteiger partial charge in [0, 0.05) is 25.8 Å². The predicted octanol–water partition coefficient (Wildman–Crippen LogP) is 2.69. The Balaban J connectivity index is 2.99. The number of rotatable bonds is 6. The summed E-state index contributed by atoms with van der Waals surface area (Å²) in [5, 5.41) is 4.47. The minimum Gasteiger partial charge on any atom is -0.385 e. The van der Waals surface area contributed by atoms with Crippen molar-refractivity contribution in [1.82, 2.24) is 9.78 Å². The molecule has 0 amide bonds. The van der Waals surface area contributed by atoms with Gasteiger partial charge in [-0.1, -0.05) is 6.92 Å². The number of methoxy groups -OCH3 is 1. The van der Waals surface area contributed by atoms with E-state index < -0.39 is 0 Å². The first kappa shape index (κ1) is 13.9. The first-order valence-corrected chi connectivity index (χ1v) is 6.10. The van der Waals surface area contributed by atoms with E-state index >= 15 is 0 Å². The van der Waals surface area contributed by atoms with Crippen LogP contribution in [0.15, 0.2) is 0 Å². The molecular weight excluding hydrogens is 216 g/mol. The Hall–Kier alpha value is -1.16. The number of carbonyl (C=O) groups excluding carboxylic acids is 1. The lowest BCUT2D eigenvalue weighted by Gasteiger charge is -2.13. The lowest BCUT2D eigenvalue weighted by atomic mass is 10.1. The molecule has 0 aromatic carbocycles. The highest BCUT2D eigenvalue weighted by Crippen LogP contribution is 2.20. The molecule has 0 aliphatic rings. The number of Topliss-reactive ketones (excluding diaryl/α,β-unsaturated/α-hetero) is 1. The van der Waals surface area contributed by atoms with Gasteiger partial charge in [0.15, 0.2) is 5.78 Å². The molecule has 17 heavy (non-hydrogen) atoms. The topological polar surface area (TPSA) is 44.1 Å². The lowest BCUT2D eigenvalue weighted by molar-refractivity contribution is 0.0987. The second-order valence-electron chi connectivity index (χ2n) is 4.40. The summed E-state index contributed by atoms with van der Waals surface area (Å²) in [6.45, 7) is 8.55. The van der Waals surface area contributed by atoms with Gasteiger partial charge in [-0.3, -0.25) is 9.48 Å². The van der Waals surface area contributed by atoms with Gasteiger partial charge in [0.25, 0.3) is 0 Å². The quantitative estimate of drug-likeness (QED) is 0.716. The first-order chi connectivity index (χ1) is 8.02. The Bertz CT molecular complexity index is 396. The maximum Gasteiger partial charge on any atom is 0.166 e. The zero-order valence-electron chi connectivity index (χ0n) is 11.4. The Morgan fingerprint density at radius 3 is 2.65 bits per heavy atom. The Morgan fingerprint density at radius 2 is 2.12 bits per heavy atom. The highest BCUT2D eigenvalue weighted by atomic mass is 16.5. The maximum absolute atomic E-state index is 11.8. The second-order valence-corrected chi connectivity index (χ2v) is 4.40. The van der Waals surface area contributed by atoms with Crippen LogP contribution in [-0.2, 0) is 4.74 Å². The molecular formula is C13H22N2O2. The van der Waals surface area contributed by atoms with Crippen molar-refractivity contribution in [3.63, 3.8) is 0 Å². The molecule has 0 aliphatic heterocycles. The van der Waals surface area contributed by atoms with Crippen molar-refractivity contribution in [3.8, 4) is 0 Å². The van der Waals surface area contributed by atoms with E-state index in [9.17, 15) is 4.79 Å². The number of ether oxygens (including phenoxy) is 1. The highest BCUT2D eigenvalue weighted by Gasteiger charge is 2.19. The molecule has 1 heterocycles. The summed E-state index contributed by atoms with van der Waals surface area (Å²) >= 11 is 0. The highest BCUT2D eigenvalue weighted by molar-refractivity contribution is 5.97. The minimum atomic E-state index is 0.171. The Kier molecular flexibility index (Phi) is 4.87. The molecule has 0 bridgehead atoms. The van der Waals surface area contributed by atoms with Crippen LogP contribution in [0, 0.1) is 13.8 Å². The van der Waals surface area contributed by atoms with Gasteiger partial charge in [0.2, 0.25) is 0 Å². The molecule has 0 fully saturated rings. The van der Waals surface area contributed by atoms with E-state index in [0.717, 1.165) is 23.4 Å². The maximum atomic E-state index is 11.8. The minimum absolute atomic E-state index is 0.171. The normalized spacial score (nSPS) is 12.8. The summed E-state index contributed by atoms with van der Waals surface area (Å²) in [5.41, 5.74) is 2.59. The third-order valence-electron chi connectivity index (χ3n) is 3.08. The third kappa shape index (κ3) is 2.94. The molecule has 1 aromatic heterocycles. The van der Waals surface area contributed by atoms with Crippen molar-refractivity contribution in [2.45, 2.75) is 46.6 Å². The lowest BCUT2D eigenvalue weighted by Crippen LogP contribution is -2.12. The monoisotopic (exact) mass is 238 g/mol. The molecule has 0 aliphatic carbocycles. The molecule has 1 atom stereocenters. The van der Waals surface area contributed by atoms with Gasteiger partial charge in [-0.25, -0.2) is 0 Å². The van der Waals surface area contributed by atoms with Crippen LogP contribution in [0.5, 0.6) is 0 Å². The van der Waals surface area contributed by atoms with E-state index in [-0.39, 0.29) is 11.8 Å². The van der Waals surface area contributed by atoms with Gasteiger partial charge in [0.1, 0.15) is 0 Å². The fourth-order valence-corrected chi connectivity index (χ4v) is 2.08. The molecule has 4 heteroatoms. The summed E-state index contributed by atoms with van der Waals surface area (Å²) in [5.74, 6) is 0.171. The van der Waals surface area contributed by atoms with Crippen LogP contribution < -0.4 is 0 Å². The SMILES string of the molecule is CCC(=O)c1c(C)nn(C(C)CCOC)c1C. The number of hydrogen-bond donors (Lipinski definition) is 0. The van der Waals surface area contributed by atoms with Crippen LogP contribution in [0.4, 0.5) is 0 Å². The molecule has 0 spiro atoms. The van der Waals surface area contributed by atoms with Crippen molar-refractivity contribution in [1.29, 1.82) is 0 Å². The van der Waals surface area contributed by atoms with E-state index in [0.29, 0.717) is 13.0 Å². The van der Waals surface area contributed by atoms with Crippen LogP contribution in [0.1, 0.15) is 54.5 Å². The van der Waals surface area contributed by atoms with Crippen LogP contribution in [0.3, 0.4) is 0 Å². The third-order valence-corrected chi connectivity index (χ3v) is 3.08. The van der Waals surface area contributed by atoms with Gasteiger partial charge >= 0.3 is 0 Å². The summed E-state index contributed by atoms with van der Waals surface area (Å²) in [6, 6.07) is 0.257. The number of aryl methyl sites for hydroxylation is 1. The van der Waals surface area contributed by atoms with Crippen molar-refractivity contribution >= 4 is 5.78 Å². The van der Waals surface area contributed by atoms with Gasteiger partial charge < -0.3 is 4.74 Å². The smallest absolute Gasteiger partial charge is 0.166 e. The summed E-state index contributed by atoms with van der Waals surface area (Å²) in [7, 11) is 1.69. The van der Waals surface area contributed by atoms with Crippen LogP contribution in [0.2, 0.25) is 0 Å². The molecule has 0 radical (unpaired) electrons. The van der Waals surface area contributed by atoms with Gasteiger partial charge in [-0.15, -0.1) is 0 Å². The van der Waals surface area contributed by atoms with Gasteiger partial charge in [-0.05, 0) is 27.2 Å². The van der Waals surface area contributed by atoms with Crippen molar-refractivity contribution in [2.75, 3.05) is 13.7 Å². The fourth-order valence-electron chi connectivity index (χ4n) is 2.08. The van der Waals surface area contributed by atoms with E-state index in [1.54, 1.807) is 7.11 Å². The molecule has 0 saturated heterocycles. The number of carbonyl (C=O) groups is 1. The van der Waals surface area contributed by atoms with E-state index in [4.69, 9.17) is 4.74 Å². The second kappa shape index (κ2) is 5.96. The molecule has 4 nitrogen and oxygen atoms in total. The van der Waals surface area contributed by atoms with Crippen LogP contribution in [0.25, 0.3) is 0 Å². The molecule has 96 valence electrons. The van der Waals surface area contributed by atoms with E-state index in [1.165, 1.54) is 0 Å². The standard InChI is InChI=1S/C13H22N2O2/c1-6-12(16)13-10(3)14-15(11(13)4)9(2)7-8-17-5/h9H,6-8H2,1-5H3. The number of ketones is 1. The van der Waals surface area contributed by atoms with Crippen LogP contribution in [-0.4, -0.2) is 29.3 Å². The van der Waals surface area contributed by atoms with Crippen molar-refractivity contribution in [2.24, 2.45) is 0 Å². The number of aromatic nitrogens is 2. The first-order valence-electron chi connectivity index (χ1n) is 6.10.